The van der Waals surface area contributed by atoms with Crippen LogP contribution in [0.2, 0.25) is 10.0 Å². The van der Waals surface area contributed by atoms with E-state index in [4.69, 9.17) is 32.7 Å². The Kier molecular flexibility index (Phi) is 6.47. The number of aryl methyl sites for hydroxylation is 1. The third kappa shape index (κ3) is 5.06. The summed E-state index contributed by atoms with van der Waals surface area (Å²) in [6, 6.07) is 10.9. The molecule has 1 fully saturated rings. The van der Waals surface area contributed by atoms with Crippen molar-refractivity contribution in [1.82, 2.24) is 0 Å². The Hall–Kier alpha value is -1.95. The molecule has 2 aromatic rings. The third-order valence-corrected chi connectivity index (χ3v) is 4.88. The molecule has 0 radical (unpaired) electrons. The Morgan fingerprint density at radius 2 is 1.93 bits per heavy atom. The SMILES string of the molecule is Cc1ccc(Cl)c(OC(C)C(=O)Nc2cc(Cl)ccc2N2CCOCC2)c1. The number of halogens is 2. The van der Waals surface area contributed by atoms with Gasteiger partial charge in [-0.1, -0.05) is 29.3 Å². The summed E-state index contributed by atoms with van der Waals surface area (Å²) in [5, 5.41) is 3.95. The van der Waals surface area contributed by atoms with Gasteiger partial charge in [0.05, 0.1) is 29.6 Å². The Labute approximate surface area is 169 Å². The second-order valence-electron chi connectivity index (χ2n) is 6.44. The van der Waals surface area contributed by atoms with Crippen LogP contribution >= 0.6 is 23.2 Å². The molecule has 1 aliphatic heterocycles. The molecule has 1 atom stereocenters. The second kappa shape index (κ2) is 8.83. The first kappa shape index (κ1) is 19.8. The van der Waals surface area contributed by atoms with Gasteiger partial charge in [0.15, 0.2) is 6.10 Å². The Balaban J connectivity index is 1.74. The Morgan fingerprint density at radius 3 is 2.67 bits per heavy atom. The molecule has 1 saturated heterocycles. The number of rotatable bonds is 5. The zero-order valence-electron chi connectivity index (χ0n) is 15.3. The highest BCUT2D eigenvalue weighted by atomic mass is 35.5. The number of hydrogen-bond acceptors (Lipinski definition) is 4. The predicted octanol–water partition coefficient (Wildman–Crippen LogP) is 4.54. The molecular weight excluding hydrogens is 387 g/mol. The first-order chi connectivity index (χ1) is 12.9. The van der Waals surface area contributed by atoms with E-state index in [1.165, 1.54) is 0 Å². The number of anilines is 2. The van der Waals surface area contributed by atoms with E-state index in [0.29, 0.717) is 34.7 Å². The van der Waals surface area contributed by atoms with Crippen LogP contribution in [0.3, 0.4) is 0 Å². The zero-order valence-corrected chi connectivity index (χ0v) is 16.8. The molecule has 5 nitrogen and oxygen atoms in total. The minimum atomic E-state index is -0.721. The molecule has 0 spiro atoms. The zero-order chi connectivity index (χ0) is 19.4. The molecule has 0 aromatic heterocycles. The lowest BCUT2D eigenvalue weighted by Gasteiger charge is -2.30. The lowest BCUT2D eigenvalue weighted by molar-refractivity contribution is -0.122. The summed E-state index contributed by atoms with van der Waals surface area (Å²) in [6.45, 7) is 6.45. The molecule has 2 aromatic carbocycles. The largest absolute Gasteiger partial charge is 0.479 e. The molecule has 144 valence electrons. The van der Waals surface area contributed by atoms with Gasteiger partial charge in [0.25, 0.3) is 5.91 Å². The molecule has 1 heterocycles. The molecule has 1 amide bonds. The van der Waals surface area contributed by atoms with Crippen LogP contribution in [0.1, 0.15) is 12.5 Å². The van der Waals surface area contributed by atoms with E-state index in [1.54, 1.807) is 19.1 Å². The number of nitrogens with zero attached hydrogens (tertiary/aromatic N) is 1. The number of ether oxygens (including phenoxy) is 2. The molecule has 1 aliphatic rings. The minimum absolute atomic E-state index is 0.274. The predicted molar refractivity (Wildman–Crippen MR) is 109 cm³/mol. The van der Waals surface area contributed by atoms with Gasteiger partial charge in [-0.05, 0) is 49.7 Å². The summed E-state index contributed by atoms with van der Waals surface area (Å²) in [5.74, 6) is 0.211. The summed E-state index contributed by atoms with van der Waals surface area (Å²) in [5.41, 5.74) is 2.57. The topological polar surface area (TPSA) is 50.8 Å². The number of carbonyl (C=O) groups is 1. The highest BCUT2D eigenvalue weighted by molar-refractivity contribution is 6.32. The van der Waals surface area contributed by atoms with Crippen LogP contribution in [-0.4, -0.2) is 38.3 Å². The van der Waals surface area contributed by atoms with Gasteiger partial charge >= 0.3 is 0 Å². The summed E-state index contributed by atoms with van der Waals surface area (Å²) < 4.78 is 11.2. The number of morpholine rings is 1. The standard InChI is InChI=1S/C20H22Cl2N2O3/c1-13-3-5-16(22)19(11-13)27-14(2)20(25)23-17-12-15(21)4-6-18(17)24-7-9-26-10-8-24/h3-6,11-12,14H,7-10H2,1-2H3,(H,23,25). The smallest absolute Gasteiger partial charge is 0.265 e. The first-order valence-electron chi connectivity index (χ1n) is 8.80. The number of carbonyl (C=O) groups excluding carboxylic acids is 1. The van der Waals surface area contributed by atoms with E-state index in [-0.39, 0.29) is 5.91 Å². The fraction of sp³-hybridized carbons (Fsp3) is 0.350. The Bertz CT molecular complexity index is 823. The molecule has 0 saturated carbocycles. The monoisotopic (exact) mass is 408 g/mol. The number of benzene rings is 2. The van der Waals surface area contributed by atoms with Crippen LogP contribution in [0.5, 0.6) is 5.75 Å². The summed E-state index contributed by atoms with van der Waals surface area (Å²) >= 11 is 12.3. The van der Waals surface area contributed by atoms with Crippen molar-refractivity contribution in [3.05, 3.63) is 52.0 Å². The van der Waals surface area contributed by atoms with Crippen LogP contribution in [0.15, 0.2) is 36.4 Å². The van der Waals surface area contributed by atoms with Gasteiger partial charge in [-0.25, -0.2) is 0 Å². The van der Waals surface area contributed by atoms with E-state index in [9.17, 15) is 4.79 Å². The van der Waals surface area contributed by atoms with E-state index in [0.717, 1.165) is 24.3 Å². The van der Waals surface area contributed by atoms with Crippen molar-refractivity contribution >= 4 is 40.5 Å². The van der Waals surface area contributed by atoms with Crippen molar-refractivity contribution in [2.45, 2.75) is 20.0 Å². The van der Waals surface area contributed by atoms with E-state index >= 15 is 0 Å². The van der Waals surface area contributed by atoms with E-state index < -0.39 is 6.10 Å². The van der Waals surface area contributed by atoms with Gasteiger partial charge in [0.1, 0.15) is 5.75 Å². The van der Waals surface area contributed by atoms with Gasteiger partial charge in [-0.2, -0.15) is 0 Å². The maximum Gasteiger partial charge on any atom is 0.265 e. The summed E-state index contributed by atoms with van der Waals surface area (Å²) in [6.07, 6.45) is -0.721. The molecule has 1 unspecified atom stereocenters. The quantitative estimate of drug-likeness (QED) is 0.788. The summed E-state index contributed by atoms with van der Waals surface area (Å²) in [4.78, 5) is 14.9. The molecule has 0 bridgehead atoms. The number of nitrogens with one attached hydrogen (secondary N) is 1. The van der Waals surface area contributed by atoms with Crippen LogP contribution in [-0.2, 0) is 9.53 Å². The van der Waals surface area contributed by atoms with Crippen molar-refractivity contribution < 1.29 is 14.3 Å². The van der Waals surface area contributed by atoms with Gasteiger partial charge in [0, 0.05) is 18.1 Å². The summed E-state index contributed by atoms with van der Waals surface area (Å²) in [7, 11) is 0. The highest BCUT2D eigenvalue weighted by Crippen LogP contribution is 2.31. The normalized spacial score (nSPS) is 15.3. The molecule has 27 heavy (non-hydrogen) atoms. The Morgan fingerprint density at radius 1 is 1.19 bits per heavy atom. The maximum atomic E-state index is 12.7. The van der Waals surface area contributed by atoms with E-state index in [2.05, 4.69) is 10.2 Å². The molecule has 3 rings (SSSR count). The first-order valence-corrected chi connectivity index (χ1v) is 9.55. The van der Waals surface area contributed by atoms with Crippen LogP contribution < -0.4 is 15.0 Å². The van der Waals surface area contributed by atoms with Gasteiger partial charge in [-0.15, -0.1) is 0 Å². The fourth-order valence-corrected chi connectivity index (χ4v) is 3.20. The van der Waals surface area contributed by atoms with Gasteiger partial charge in [0.2, 0.25) is 0 Å². The molecule has 0 aliphatic carbocycles. The lowest BCUT2D eigenvalue weighted by Crippen LogP contribution is -2.37. The fourth-order valence-electron chi connectivity index (χ4n) is 2.87. The van der Waals surface area contributed by atoms with Crippen LogP contribution in [0.25, 0.3) is 0 Å². The number of amides is 1. The van der Waals surface area contributed by atoms with E-state index in [1.807, 2.05) is 31.2 Å². The second-order valence-corrected chi connectivity index (χ2v) is 7.29. The molecular formula is C20H22Cl2N2O3. The minimum Gasteiger partial charge on any atom is -0.479 e. The van der Waals surface area contributed by atoms with Crippen molar-refractivity contribution in [3.8, 4) is 5.75 Å². The van der Waals surface area contributed by atoms with Gasteiger partial charge in [-0.3, -0.25) is 4.79 Å². The third-order valence-electron chi connectivity index (χ3n) is 4.33. The average Bonchev–Trinajstić information content (AvgIpc) is 2.65. The van der Waals surface area contributed by atoms with Crippen LogP contribution in [0.4, 0.5) is 11.4 Å². The molecule has 1 N–H and O–H groups in total. The van der Waals surface area contributed by atoms with Crippen molar-refractivity contribution in [1.29, 1.82) is 0 Å². The average molecular weight is 409 g/mol. The maximum absolute atomic E-state index is 12.7. The lowest BCUT2D eigenvalue weighted by atomic mass is 10.2. The van der Waals surface area contributed by atoms with Gasteiger partial charge < -0.3 is 19.7 Å². The van der Waals surface area contributed by atoms with Crippen molar-refractivity contribution in [2.24, 2.45) is 0 Å². The highest BCUT2D eigenvalue weighted by Gasteiger charge is 2.20. The van der Waals surface area contributed by atoms with Crippen molar-refractivity contribution in [3.63, 3.8) is 0 Å². The van der Waals surface area contributed by atoms with Crippen molar-refractivity contribution in [2.75, 3.05) is 36.5 Å². The van der Waals surface area contributed by atoms with Crippen LogP contribution in [0, 0.1) is 6.92 Å². The molecule has 7 heteroatoms. The number of hydrogen-bond donors (Lipinski definition) is 1.